The van der Waals surface area contributed by atoms with Gasteiger partial charge >= 0.3 is 0 Å². The van der Waals surface area contributed by atoms with Gasteiger partial charge in [-0.05, 0) is 36.4 Å². The average molecular weight is 389 g/mol. The molecule has 0 spiro atoms. The molecule has 0 atom stereocenters. The SMILES string of the molecule is COc1ccccc1NC(=O)c1ccc(Nc2c(Cl)cccc2Cl)nn1. The van der Waals surface area contributed by atoms with E-state index < -0.39 is 5.91 Å². The number of carbonyl (C=O) groups is 1. The van der Waals surface area contributed by atoms with Crippen molar-refractivity contribution in [3.05, 3.63) is 70.3 Å². The van der Waals surface area contributed by atoms with Gasteiger partial charge in [0.15, 0.2) is 11.5 Å². The number of ether oxygens (including phenoxy) is 1. The van der Waals surface area contributed by atoms with Gasteiger partial charge in [0, 0.05) is 0 Å². The van der Waals surface area contributed by atoms with Crippen molar-refractivity contribution in [2.45, 2.75) is 0 Å². The maximum absolute atomic E-state index is 12.3. The van der Waals surface area contributed by atoms with E-state index in [0.717, 1.165) is 0 Å². The quantitative estimate of drug-likeness (QED) is 0.656. The van der Waals surface area contributed by atoms with E-state index in [-0.39, 0.29) is 5.69 Å². The Hall–Kier alpha value is -2.83. The Labute approximate surface area is 160 Å². The minimum atomic E-state index is -0.399. The van der Waals surface area contributed by atoms with E-state index in [4.69, 9.17) is 27.9 Å². The highest BCUT2D eigenvalue weighted by molar-refractivity contribution is 6.39. The van der Waals surface area contributed by atoms with E-state index >= 15 is 0 Å². The van der Waals surface area contributed by atoms with Crippen molar-refractivity contribution in [1.29, 1.82) is 0 Å². The summed E-state index contributed by atoms with van der Waals surface area (Å²) in [6, 6.07) is 15.4. The van der Waals surface area contributed by atoms with Crippen molar-refractivity contribution < 1.29 is 9.53 Å². The first kappa shape index (κ1) is 18.0. The first-order valence-corrected chi connectivity index (χ1v) is 8.33. The van der Waals surface area contributed by atoms with E-state index in [1.807, 2.05) is 6.07 Å². The Kier molecular flexibility index (Phi) is 5.55. The van der Waals surface area contributed by atoms with Gasteiger partial charge in [0.25, 0.3) is 5.91 Å². The predicted molar refractivity (Wildman–Crippen MR) is 103 cm³/mol. The summed E-state index contributed by atoms with van der Waals surface area (Å²) in [4.78, 5) is 12.3. The fourth-order valence-corrected chi connectivity index (χ4v) is 2.69. The van der Waals surface area contributed by atoms with Crippen molar-refractivity contribution in [2.24, 2.45) is 0 Å². The molecule has 3 aromatic rings. The van der Waals surface area contributed by atoms with Gasteiger partial charge in [-0.1, -0.05) is 41.4 Å². The van der Waals surface area contributed by atoms with Gasteiger partial charge < -0.3 is 15.4 Å². The van der Waals surface area contributed by atoms with Crippen molar-refractivity contribution in [3.8, 4) is 5.75 Å². The highest BCUT2D eigenvalue weighted by Crippen LogP contribution is 2.31. The van der Waals surface area contributed by atoms with Crippen LogP contribution in [-0.2, 0) is 0 Å². The third-order valence-corrected chi connectivity index (χ3v) is 4.10. The van der Waals surface area contributed by atoms with E-state index in [9.17, 15) is 4.79 Å². The number of aromatic nitrogens is 2. The normalized spacial score (nSPS) is 10.3. The van der Waals surface area contributed by atoms with Gasteiger partial charge in [0.2, 0.25) is 0 Å². The lowest BCUT2D eigenvalue weighted by molar-refractivity contribution is 0.102. The summed E-state index contributed by atoms with van der Waals surface area (Å²) in [6.45, 7) is 0. The van der Waals surface area contributed by atoms with Crippen LogP contribution in [0.1, 0.15) is 10.5 Å². The summed E-state index contributed by atoms with van der Waals surface area (Å²) < 4.78 is 5.20. The van der Waals surface area contributed by atoms with Gasteiger partial charge in [-0.3, -0.25) is 4.79 Å². The molecule has 2 aromatic carbocycles. The number of rotatable bonds is 5. The molecule has 0 aliphatic rings. The van der Waals surface area contributed by atoms with E-state index in [1.54, 1.807) is 48.5 Å². The molecule has 3 rings (SSSR count). The van der Waals surface area contributed by atoms with Gasteiger partial charge in [-0.15, -0.1) is 10.2 Å². The zero-order chi connectivity index (χ0) is 18.5. The Morgan fingerprint density at radius 1 is 0.962 bits per heavy atom. The molecule has 0 aliphatic carbocycles. The molecule has 0 bridgehead atoms. The molecule has 0 saturated heterocycles. The maximum atomic E-state index is 12.3. The maximum Gasteiger partial charge on any atom is 0.276 e. The van der Waals surface area contributed by atoms with Crippen molar-refractivity contribution in [3.63, 3.8) is 0 Å². The largest absolute Gasteiger partial charge is 0.495 e. The molecule has 132 valence electrons. The highest BCUT2D eigenvalue weighted by atomic mass is 35.5. The molecule has 0 aliphatic heterocycles. The first-order valence-electron chi connectivity index (χ1n) is 7.57. The fraction of sp³-hybridized carbons (Fsp3) is 0.0556. The number of nitrogens with zero attached hydrogens (tertiary/aromatic N) is 2. The summed E-state index contributed by atoms with van der Waals surface area (Å²) >= 11 is 12.2. The topological polar surface area (TPSA) is 76.1 Å². The molecule has 1 amide bonds. The molecule has 1 heterocycles. The summed E-state index contributed by atoms with van der Waals surface area (Å²) in [6.07, 6.45) is 0. The second kappa shape index (κ2) is 8.03. The second-order valence-electron chi connectivity index (χ2n) is 5.18. The Morgan fingerprint density at radius 3 is 2.35 bits per heavy atom. The van der Waals surface area contributed by atoms with Crippen LogP contribution in [0, 0.1) is 0 Å². The third kappa shape index (κ3) is 4.04. The number of anilines is 3. The molecular formula is C18H14Cl2N4O2. The summed E-state index contributed by atoms with van der Waals surface area (Å²) in [5, 5.41) is 14.6. The molecule has 0 radical (unpaired) electrons. The molecule has 8 heteroatoms. The van der Waals surface area contributed by atoms with Crippen LogP contribution >= 0.6 is 23.2 Å². The number of hydrogen-bond donors (Lipinski definition) is 2. The minimum Gasteiger partial charge on any atom is -0.495 e. The Bertz CT molecular complexity index is 912. The monoisotopic (exact) mass is 388 g/mol. The van der Waals surface area contributed by atoms with Crippen molar-refractivity contribution in [1.82, 2.24) is 10.2 Å². The first-order chi connectivity index (χ1) is 12.6. The molecule has 0 fully saturated rings. The van der Waals surface area contributed by atoms with Crippen LogP contribution in [-0.4, -0.2) is 23.2 Å². The van der Waals surface area contributed by atoms with E-state index in [0.29, 0.717) is 33.0 Å². The van der Waals surface area contributed by atoms with E-state index in [1.165, 1.54) is 7.11 Å². The molecular weight excluding hydrogens is 375 g/mol. The number of hydrogen-bond acceptors (Lipinski definition) is 5. The average Bonchev–Trinajstić information content (AvgIpc) is 2.66. The number of amides is 1. The lowest BCUT2D eigenvalue weighted by atomic mass is 10.2. The lowest BCUT2D eigenvalue weighted by Gasteiger charge is -2.10. The molecule has 0 saturated carbocycles. The van der Waals surface area contributed by atoms with Gasteiger partial charge in [0.05, 0.1) is 28.5 Å². The number of nitrogens with one attached hydrogen (secondary N) is 2. The number of para-hydroxylation sites is 3. The van der Waals surface area contributed by atoms with Crippen LogP contribution in [0.4, 0.5) is 17.2 Å². The smallest absolute Gasteiger partial charge is 0.276 e. The number of carbonyl (C=O) groups excluding carboxylic acids is 1. The van der Waals surface area contributed by atoms with Gasteiger partial charge in [0.1, 0.15) is 5.75 Å². The van der Waals surface area contributed by atoms with Crippen molar-refractivity contribution in [2.75, 3.05) is 17.7 Å². The summed E-state index contributed by atoms with van der Waals surface area (Å²) in [5.74, 6) is 0.568. The van der Waals surface area contributed by atoms with Crippen LogP contribution in [0.5, 0.6) is 5.75 Å². The predicted octanol–water partition coefficient (Wildman–Crippen LogP) is 4.79. The summed E-state index contributed by atoms with van der Waals surface area (Å²) in [7, 11) is 1.53. The zero-order valence-corrected chi connectivity index (χ0v) is 15.2. The Balaban J connectivity index is 1.74. The van der Waals surface area contributed by atoms with Crippen LogP contribution in [0.2, 0.25) is 10.0 Å². The van der Waals surface area contributed by atoms with Gasteiger partial charge in [-0.25, -0.2) is 0 Å². The standard InChI is InChI=1S/C18H14Cl2N4O2/c1-26-15-8-3-2-7-13(15)21-18(25)14-9-10-16(24-23-14)22-17-11(19)5-4-6-12(17)20/h2-10H,1H3,(H,21,25)(H,22,24). The number of halogens is 2. The van der Waals surface area contributed by atoms with E-state index in [2.05, 4.69) is 20.8 Å². The molecule has 6 nitrogen and oxygen atoms in total. The number of benzene rings is 2. The Morgan fingerprint density at radius 2 is 1.69 bits per heavy atom. The molecule has 2 N–H and O–H groups in total. The second-order valence-corrected chi connectivity index (χ2v) is 5.99. The number of methoxy groups -OCH3 is 1. The molecule has 0 unspecified atom stereocenters. The lowest BCUT2D eigenvalue weighted by Crippen LogP contribution is -2.15. The van der Waals surface area contributed by atoms with Crippen LogP contribution in [0.3, 0.4) is 0 Å². The zero-order valence-electron chi connectivity index (χ0n) is 13.7. The fourth-order valence-electron chi connectivity index (χ4n) is 2.20. The van der Waals surface area contributed by atoms with Crippen LogP contribution < -0.4 is 15.4 Å². The summed E-state index contributed by atoms with van der Waals surface area (Å²) in [5.41, 5.74) is 1.23. The van der Waals surface area contributed by atoms with Crippen molar-refractivity contribution >= 4 is 46.3 Å². The molecule has 1 aromatic heterocycles. The van der Waals surface area contributed by atoms with Crippen LogP contribution in [0.25, 0.3) is 0 Å². The van der Waals surface area contributed by atoms with Crippen LogP contribution in [0.15, 0.2) is 54.6 Å². The van der Waals surface area contributed by atoms with Gasteiger partial charge in [-0.2, -0.15) is 0 Å². The minimum absolute atomic E-state index is 0.159. The third-order valence-electron chi connectivity index (χ3n) is 3.47. The highest BCUT2D eigenvalue weighted by Gasteiger charge is 2.12. The molecule has 26 heavy (non-hydrogen) atoms.